The van der Waals surface area contributed by atoms with Crippen LogP contribution in [0.1, 0.15) is 23.8 Å². The second-order valence-corrected chi connectivity index (χ2v) is 6.30. The van der Waals surface area contributed by atoms with Gasteiger partial charge in [-0.25, -0.2) is 4.98 Å². The first-order valence-electron chi connectivity index (χ1n) is 5.31. The largest absolute Gasteiger partial charge is 0.446 e. The van der Waals surface area contributed by atoms with Crippen molar-refractivity contribution in [2.45, 2.75) is 26.2 Å². The maximum atomic E-state index is 10.6. The number of rotatable bonds is 7. The smallest absolute Gasteiger partial charge is 0.264 e. The highest BCUT2D eigenvalue weighted by atomic mass is 32.2. The molecule has 98 valence electrons. The Balaban J connectivity index is 2.50. The third-order valence-electron chi connectivity index (χ3n) is 2.27. The molecule has 1 N–H and O–H groups in total. The lowest BCUT2D eigenvalue weighted by atomic mass is 10.2. The van der Waals surface area contributed by atoms with Crippen molar-refractivity contribution < 1.29 is 17.4 Å². The second-order valence-electron chi connectivity index (χ2n) is 3.74. The van der Waals surface area contributed by atoms with E-state index >= 15 is 0 Å². The Kier molecular flexibility index (Phi) is 5.48. The highest BCUT2D eigenvalue weighted by Gasteiger charge is 2.11. The van der Waals surface area contributed by atoms with Gasteiger partial charge in [-0.2, -0.15) is 20.2 Å². The molecule has 0 aromatic carbocycles. The number of hydrogen-bond acceptors (Lipinski definition) is 5. The lowest BCUT2D eigenvalue weighted by molar-refractivity contribution is 0.475. The summed E-state index contributed by atoms with van der Waals surface area (Å²) in [6, 6.07) is 0. The van der Waals surface area contributed by atoms with Crippen molar-refractivity contribution in [3.63, 3.8) is 0 Å². The highest BCUT2D eigenvalue weighted by molar-refractivity contribution is 7.98. The summed E-state index contributed by atoms with van der Waals surface area (Å²) < 4.78 is 35.2. The van der Waals surface area contributed by atoms with Crippen LogP contribution in [0.25, 0.3) is 0 Å². The van der Waals surface area contributed by atoms with Crippen LogP contribution in [-0.2, 0) is 23.0 Å². The summed E-state index contributed by atoms with van der Waals surface area (Å²) >= 11 is 1.72. The zero-order chi connectivity index (χ0) is 12.9. The van der Waals surface area contributed by atoms with Gasteiger partial charge in [0, 0.05) is 12.2 Å². The van der Waals surface area contributed by atoms with Crippen molar-refractivity contribution in [3.05, 3.63) is 17.3 Å². The standard InChI is InChI=1S/C10H17NO4S2/c1-8-9(4-3-7-17(12,13)14)11-10(15-8)5-6-16-2/h3-7H2,1-2H3,(H,12,13,14). The fourth-order valence-corrected chi connectivity index (χ4v) is 2.33. The van der Waals surface area contributed by atoms with E-state index in [9.17, 15) is 8.42 Å². The molecule has 1 aromatic rings. The fourth-order valence-electron chi connectivity index (χ4n) is 1.44. The first-order valence-corrected chi connectivity index (χ1v) is 8.32. The summed E-state index contributed by atoms with van der Waals surface area (Å²) in [7, 11) is -3.88. The van der Waals surface area contributed by atoms with Crippen molar-refractivity contribution in [2.75, 3.05) is 17.8 Å². The normalized spacial score (nSPS) is 11.9. The Bertz CT molecular complexity index is 453. The Labute approximate surface area is 106 Å². The van der Waals surface area contributed by atoms with Gasteiger partial charge in [-0.15, -0.1) is 0 Å². The van der Waals surface area contributed by atoms with Crippen LogP contribution in [0.15, 0.2) is 4.42 Å². The number of aromatic nitrogens is 1. The molecule has 0 amide bonds. The van der Waals surface area contributed by atoms with E-state index in [1.165, 1.54) is 0 Å². The topological polar surface area (TPSA) is 80.4 Å². The van der Waals surface area contributed by atoms with Crippen LogP contribution in [-0.4, -0.2) is 35.7 Å². The Morgan fingerprint density at radius 3 is 2.71 bits per heavy atom. The minimum atomic E-state index is -3.88. The molecular formula is C10H17NO4S2. The summed E-state index contributed by atoms with van der Waals surface area (Å²) in [6.07, 6.45) is 3.66. The van der Waals surface area contributed by atoms with Gasteiger partial charge in [0.05, 0.1) is 11.4 Å². The highest BCUT2D eigenvalue weighted by Crippen LogP contribution is 2.13. The van der Waals surface area contributed by atoms with Crippen molar-refractivity contribution in [1.29, 1.82) is 0 Å². The molecule has 0 spiro atoms. The lowest BCUT2D eigenvalue weighted by Crippen LogP contribution is -2.05. The molecule has 0 saturated heterocycles. The molecule has 7 heteroatoms. The molecule has 0 aliphatic heterocycles. The number of aryl methyl sites for hydroxylation is 3. The summed E-state index contributed by atoms with van der Waals surface area (Å²) in [6.45, 7) is 1.82. The fraction of sp³-hybridized carbons (Fsp3) is 0.700. The van der Waals surface area contributed by atoms with E-state index < -0.39 is 10.1 Å². The van der Waals surface area contributed by atoms with Gasteiger partial charge in [0.2, 0.25) is 0 Å². The quantitative estimate of drug-likeness (QED) is 0.765. The van der Waals surface area contributed by atoms with E-state index in [4.69, 9.17) is 8.97 Å². The van der Waals surface area contributed by atoms with Crippen LogP contribution in [0, 0.1) is 6.92 Å². The van der Waals surface area contributed by atoms with E-state index in [2.05, 4.69) is 4.98 Å². The van der Waals surface area contributed by atoms with Crippen LogP contribution in [0.2, 0.25) is 0 Å². The molecule has 0 radical (unpaired) electrons. The minimum Gasteiger partial charge on any atom is -0.446 e. The van der Waals surface area contributed by atoms with Crippen molar-refractivity contribution in [2.24, 2.45) is 0 Å². The Morgan fingerprint density at radius 2 is 2.12 bits per heavy atom. The molecule has 0 fully saturated rings. The van der Waals surface area contributed by atoms with Crippen molar-refractivity contribution in [3.8, 4) is 0 Å². The van der Waals surface area contributed by atoms with E-state index in [1.807, 2.05) is 13.2 Å². The van der Waals surface area contributed by atoms with Crippen LogP contribution in [0.3, 0.4) is 0 Å². The van der Waals surface area contributed by atoms with Gasteiger partial charge in [-0.1, -0.05) is 0 Å². The van der Waals surface area contributed by atoms with Crippen LogP contribution in [0.5, 0.6) is 0 Å². The second kappa shape index (κ2) is 6.42. The molecule has 5 nitrogen and oxygen atoms in total. The lowest BCUT2D eigenvalue weighted by Gasteiger charge is -1.96. The number of oxazole rings is 1. The summed E-state index contributed by atoms with van der Waals surface area (Å²) in [4.78, 5) is 4.31. The molecule has 0 atom stereocenters. The molecule has 1 heterocycles. The maximum Gasteiger partial charge on any atom is 0.264 e. The van der Waals surface area contributed by atoms with Crippen LogP contribution >= 0.6 is 11.8 Å². The van der Waals surface area contributed by atoms with Gasteiger partial charge < -0.3 is 4.42 Å². The van der Waals surface area contributed by atoms with Crippen LogP contribution in [0.4, 0.5) is 0 Å². The molecule has 0 saturated carbocycles. The summed E-state index contributed by atoms with van der Waals surface area (Å²) in [5, 5.41) is 0. The monoisotopic (exact) mass is 279 g/mol. The molecule has 1 aromatic heterocycles. The number of nitrogens with zero attached hydrogens (tertiary/aromatic N) is 1. The maximum absolute atomic E-state index is 10.6. The van der Waals surface area contributed by atoms with E-state index in [-0.39, 0.29) is 5.75 Å². The first kappa shape index (κ1) is 14.5. The number of thioether (sulfide) groups is 1. The molecule has 17 heavy (non-hydrogen) atoms. The molecule has 0 bridgehead atoms. The summed E-state index contributed by atoms with van der Waals surface area (Å²) in [5.41, 5.74) is 0.782. The van der Waals surface area contributed by atoms with Crippen LogP contribution < -0.4 is 0 Å². The van der Waals surface area contributed by atoms with Crippen molar-refractivity contribution >= 4 is 21.9 Å². The van der Waals surface area contributed by atoms with Gasteiger partial charge >= 0.3 is 0 Å². The van der Waals surface area contributed by atoms with E-state index in [0.717, 1.165) is 23.6 Å². The van der Waals surface area contributed by atoms with Gasteiger partial charge in [0.15, 0.2) is 5.89 Å². The third-order valence-corrected chi connectivity index (χ3v) is 3.69. The molecule has 0 unspecified atom stereocenters. The van der Waals surface area contributed by atoms with Gasteiger partial charge in [0.25, 0.3) is 10.1 Å². The average Bonchev–Trinajstić information content (AvgIpc) is 2.55. The average molecular weight is 279 g/mol. The predicted molar refractivity (Wildman–Crippen MR) is 68.1 cm³/mol. The predicted octanol–water partition coefficient (Wildman–Crippen LogP) is 1.71. The third kappa shape index (κ3) is 5.56. The summed E-state index contributed by atoms with van der Waals surface area (Å²) in [5.74, 6) is 2.14. The molecule has 1 rings (SSSR count). The minimum absolute atomic E-state index is 0.237. The SMILES string of the molecule is CSCCc1nc(CCCS(=O)(=O)O)c(C)o1. The van der Waals surface area contributed by atoms with Gasteiger partial charge in [-0.3, -0.25) is 4.55 Å². The molecule has 0 aliphatic carbocycles. The van der Waals surface area contributed by atoms with Gasteiger partial charge in [0.1, 0.15) is 5.76 Å². The van der Waals surface area contributed by atoms with E-state index in [0.29, 0.717) is 18.7 Å². The zero-order valence-corrected chi connectivity index (χ0v) is 11.6. The Morgan fingerprint density at radius 1 is 1.41 bits per heavy atom. The van der Waals surface area contributed by atoms with Gasteiger partial charge in [-0.05, 0) is 26.0 Å². The Hall–Kier alpha value is -0.530. The van der Waals surface area contributed by atoms with Crippen molar-refractivity contribution in [1.82, 2.24) is 4.98 Å². The zero-order valence-electron chi connectivity index (χ0n) is 9.97. The molecule has 0 aliphatic rings. The van der Waals surface area contributed by atoms with E-state index in [1.54, 1.807) is 11.8 Å². The first-order chi connectivity index (χ1) is 7.92. The number of hydrogen-bond donors (Lipinski definition) is 1. The molecular weight excluding hydrogens is 262 g/mol.